The number of carbonyl (C=O) groups is 2. The monoisotopic (exact) mass is 325 g/mol. The zero-order valence-electron chi connectivity index (χ0n) is 14.0. The molecule has 126 valence electrons. The van der Waals surface area contributed by atoms with Gasteiger partial charge in [0.1, 0.15) is 5.54 Å². The SMILES string of the molecule is Cc1ccc(N2CC(C(=O)NC3(C#N)CCCCC3)CC2=O)cc1. The lowest BCUT2D eigenvalue weighted by Gasteiger charge is -2.32. The van der Waals surface area contributed by atoms with Gasteiger partial charge in [-0.15, -0.1) is 0 Å². The second-order valence-electron chi connectivity index (χ2n) is 6.98. The molecule has 24 heavy (non-hydrogen) atoms. The van der Waals surface area contributed by atoms with Gasteiger partial charge in [-0.3, -0.25) is 9.59 Å². The highest BCUT2D eigenvalue weighted by Crippen LogP contribution is 2.30. The van der Waals surface area contributed by atoms with Gasteiger partial charge in [0.2, 0.25) is 11.8 Å². The Hall–Kier alpha value is -2.35. The summed E-state index contributed by atoms with van der Waals surface area (Å²) in [6.07, 6.45) is 4.67. The summed E-state index contributed by atoms with van der Waals surface area (Å²) in [6.45, 7) is 2.38. The molecule has 2 aliphatic rings. The third kappa shape index (κ3) is 3.28. The van der Waals surface area contributed by atoms with Gasteiger partial charge < -0.3 is 10.2 Å². The topological polar surface area (TPSA) is 73.2 Å². The summed E-state index contributed by atoms with van der Waals surface area (Å²) in [5.41, 5.74) is 1.22. The Balaban J connectivity index is 1.67. The zero-order chi connectivity index (χ0) is 17.2. The van der Waals surface area contributed by atoms with Crippen molar-refractivity contribution in [2.75, 3.05) is 11.4 Å². The molecule has 5 nitrogen and oxygen atoms in total. The Labute approximate surface area is 142 Å². The Bertz CT molecular complexity index is 669. The average Bonchev–Trinajstić information content (AvgIpc) is 2.98. The predicted molar refractivity (Wildman–Crippen MR) is 91.2 cm³/mol. The van der Waals surface area contributed by atoms with Crippen molar-refractivity contribution in [3.05, 3.63) is 29.8 Å². The van der Waals surface area contributed by atoms with E-state index in [9.17, 15) is 14.9 Å². The van der Waals surface area contributed by atoms with Crippen LogP contribution in [0.3, 0.4) is 0 Å². The second-order valence-corrected chi connectivity index (χ2v) is 6.98. The van der Waals surface area contributed by atoms with Gasteiger partial charge in [0, 0.05) is 18.7 Å². The molecular weight excluding hydrogens is 302 g/mol. The summed E-state index contributed by atoms with van der Waals surface area (Å²) in [6, 6.07) is 10.0. The quantitative estimate of drug-likeness (QED) is 0.928. The fourth-order valence-electron chi connectivity index (χ4n) is 3.62. The normalized spacial score (nSPS) is 22.9. The molecule has 1 N–H and O–H groups in total. The average molecular weight is 325 g/mol. The van der Waals surface area contributed by atoms with Crippen LogP contribution in [0, 0.1) is 24.2 Å². The van der Waals surface area contributed by atoms with E-state index < -0.39 is 5.54 Å². The molecule has 0 aromatic heterocycles. The molecule has 1 saturated carbocycles. The molecule has 1 aromatic rings. The molecule has 0 radical (unpaired) electrons. The lowest BCUT2D eigenvalue weighted by Crippen LogP contribution is -2.51. The van der Waals surface area contributed by atoms with Crippen molar-refractivity contribution in [1.29, 1.82) is 5.26 Å². The van der Waals surface area contributed by atoms with Crippen molar-refractivity contribution in [3.8, 4) is 6.07 Å². The fraction of sp³-hybridized carbons (Fsp3) is 0.526. The zero-order valence-corrected chi connectivity index (χ0v) is 14.0. The number of rotatable bonds is 3. The maximum atomic E-state index is 12.6. The Morgan fingerprint density at radius 3 is 2.54 bits per heavy atom. The van der Waals surface area contributed by atoms with Crippen LogP contribution >= 0.6 is 0 Å². The summed E-state index contributed by atoms with van der Waals surface area (Å²) in [4.78, 5) is 26.6. The summed E-state index contributed by atoms with van der Waals surface area (Å²) < 4.78 is 0. The van der Waals surface area contributed by atoms with E-state index in [-0.39, 0.29) is 24.2 Å². The van der Waals surface area contributed by atoms with E-state index in [0.29, 0.717) is 19.4 Å². The number of nitriles is 1. The van der Waals surface area contributed by atoms with Crippen LogP contribution in [-0.2, 0) is 9.59 Å². The van der Waals surface area contributed by atoms with Gasteiger partial charge in [-0.1, -0.05) is 37.0 Å². The smallest absolute Gasteiger partial charge is 0.227 e. The van der Waals surface area contributed by atoms with E-state index in [1.54, 1.807) is 4.90 Å². The standard InChI is InChI=1S/C19H23N3O2/c1-14-5-7-16(8-6-14)22-12-15(11-17(22)23)18(24)21-19(13-20)9-3-2-4-10-19/h5-8,15H,2-4,9-12H2,1H3,(H,21,24). The number of nitrogens with zero attached hydrogens (tertiary/aromatic N) is 2. The van der Waals surface area contributed by atoms with Crippen LogP contribution < -0.4 is 10.2 Å². The molecule has 1 saturated heterocycles. The molecule has 0 bridgehead atoms. The Morgan fingerprint density at radius 2 is 1.92 bits per heavy atom. The van der Waals surface area contributed by atoms with Gasteiger partial charge in [0.15, 0.2) is 0 Å². The van der Waals surface area contributed by atoms with Crippen molar-refractivity contribution in [2.24, 2.45) is 5.92 Å². The minimum absolute atomic E-state index is 0.0337. The van der Waals surface area contributed by atoms with Crippen molar-refractivity contribution < 1.29 is 9.59 Å². The van der Waals surface area contributed by atoms with Crippen LogP contribution in [0.4, 0.5) is 5.69 Å². The largest absolute Gasteiger partial charge is 0.338 e. The van der Waals surface area contributed by atoms with Gasteiger partial charge in [0.25, 0.3) is 0 Å². The molecule has 0 spiro atoms. The fourth-order valence-corrected chi connectivity index (χ4v) is 3.62. The molecule has 2 amide bonds. The lowest BCUT2D eigenvalue weighted by atomic mass is 9.82. The maximum absolute atomic E-state index is 12.6. The molecule has 3 rings (SSSR count). The van der Waals surface area contributed by atoms with Gasteiger partial charge >= 0.3 is 0 Å². The third-order valence-electron chi connectivity index (χ3n) is 5.13. The molecule has 1 aliphatic heterocycles. The van der Waals surface area contributed by atoms with E-state index in [4.69, 9.17) is 0 Å². The Morgan fingerprint density at radius 1 is 1.25 bits per heavy atom. The first-order valence-corrected chi connectivity index (χ1v) is 8.63. The van der Waals surface area contributed by atoms with Crippen molar-refractivity contribution >= 4 is 17.5 Å². The first kappa shape index (κ1) is 16.5. The van der Waals surface area contributed by atoms with E-state index >= 15 is 0 Å². The highest BCUT2D eigenvalue weighted by atomic mass is 16.2. The molecule has 1 aliphatic carbocycles. The molecule has 2 fully saturated rings. The van der Waals surface area contributed by atoms with E-state index in [1.165, 1.54) is 0 Å². The minimum Gasteiger partial charge on any atom is -0.338 e. The number of anilines is 1. The predicted octanol–water partition coefficient (Wildman–Crippen LogP) is 2.69. The molecule has 1 unspecified atom stereocenters. The summed E-state index contributed by atoms with van der Waals surface area (Å²) in [5, 5.41) is 12.4. The molecular formula is C19H23N3O2. The number of hydrogen-bond acceptors (Lipinski definition) is 3. The molecule has 1 aromatic carbocycles. The molecule has 1 heterocycles. The van der Waals surface area contributed by atoms with Crippen molar-refractivity contribution in [2.45, 2.75) is 51.0 Å². The summed E-state index contributed by atoms with van der Waals surface area (Å²) in [7, 11) is 0. The minimum atomic E-state index is -0.740. The number of hydrogen-bond donors (Lipinski definition) is 1. The van der Waals surface area contributed by atoms with Crippen molar-refractivity contribution in [3.63, 3.8) is 0 Å². The number of nitrogens with one attached hydrogen (secondary N) is 1. The number of carbonyl (C=O) groups excluding carboxylic acids is 2. The summed E-state index contributed by atoms with van der Waals surface area (Å²) in [5.74, 6) is -0.582. The van der Waals surface area contributed by atoms with Gasteiger partial charge in [-0.25, -0.2) is 0 Å². The van der Waals surface area contributed by atoms with E-state index in [1.807, 2.05) is 31.2 Å². The van der Waals surface area contributed by atoms with Crippen LogP contribution in [0.1, 0.15) is 44.1 Å². The Kier molecular flexibility index (Phi) is 4.57. The van der Waals surface area contributed by atoms with Crippen LogP contribution in [-0.4, -0.2) is 23.9 Å². The number of aryl methyl sites for hydroxylation is 1. The van der Waals surface area contributed by atoms with Gasteiger partial charge in [0.05, 0.1) is 12.0 Å². The van der Waals surface area contributed by atoms with Crippen LogP contribution in [0.15, 0.2) is 24.3 Å². The first-order chi connectivity index (χ1) is 11.5. The number of amides is 2. The van der Waals surface area contributed by atoms with E-state index in [2.05, 4.69) is 11.4 Å². The number of benzene rings is 1. The van der Waals surface area contributed by atoms with E-state index in [0.717, 1.165) is 30.5 Å². The second kappa shape index (κ2) is 6.64. The van der Waals surface area contributed by atoms with Crippen LogP contribution in [0.25, 0.3) is 0 Å². The molecule has 5 heteroatoms. The highest BCUT2D eigenvalue weighted by Gasteiger charge is 2.40. The lowest BCUT2D eigenvalue weighted by molar-refractivity contribution is -0.127. The van der Waals surface area contributed by atoms with Crippen molar-refractivity contribution in [1.82, 2.24) is 5.32 Å². The highest BCUT2D eigenvalue weighted by molar-refractivity contribution is 6.00. The first-order valence-electron chi connectivity index (χ1n) is 8.63. The summed E-state index contributed by atoms with van der Waals surface area (Å²) >= 11 is 0. The third-order valence-corrected chi connectivity index (χ3v) is 5.13. The van der Waals surface area contributed by atoms with Crippen LogP contribution in [0.2, 0.25) is 0 Å². The van der Waals surface area contributed by atoms with Crippen LogP contribution in [0.5, 0.6) is 0 Å². The molecule has 1 atom stereocenters. The maximum Gasteiger partial charge on any atom is 0.227 e. The van der Waals surface area contributed by atoms with Gasteiger partial charge in [-0.05, 0) is 31.9 Å². The van der Waals surface area contributed by atoms with Gasteiger partial charge in [-0.2, -0.15) is 5.26 Å².